The van der Waals surface area contributed by atoms with Crippen molar-refractivity contribution in [2.75, 3.05) is 34.4 Å². The van der Waals surface area contributed by atoms with Crippen LogP contribution in [0.5, 0.6) is 17.2 Å². The second-order valence-electron chi connectivity index (χ2n) is 9.07. The van der Waals surface area contributed by atoms with Gasteiger partial charge in [0.25, 0.3) is 5.91 Å². The monoisotopic (exact) mass is 522 g/mol. The summed E-state index contributed by atoms with van der Waals surface area (Å²) in [6, 6.07) is 14.7. The van der Waals surface area contributed by atoms with E-state index in [9.17, 15) is 9.59 Å². The maximum Gasteiger partial charge on any atom is 0.258 e. The number of nitrogens with zero attached hydrogens (tertiary/aromatic N) is 2. The van der Waals surface area contributed by atoms with Gasteiger partial charge in [0.05, 0.1) is 32.9 Å². The lowest BCUT2D eigenvalue weighted by Gasteiger charge is -2.38. The first-order valence-electron chi connectivity index (χ1n) is 12.4. The van der Waals surface area contributed by atoms with Crippen LogP contribution < -0.4 is 14.2 Å². The molecule has 196 valence electrons. The molecule has 8 heteroatoms. The molecule has 2 atom stereocenters. The second kappa shape index (κ2) is 11.7. The summed E-state index contributed by atoms with van der Waals surface area (Å²) in [6.45, 7) is 4.56. The molecule has 0 N–H and O–H groups in total. The zero-order chi connectivity index (χ0) is 26.5. The van der Waals surface area contributed by atoms with Crippen LogP contribution in [0, 0.1) is 0 Å². The third-order valence-electron chi connectivity index (χ3n) is 7.05. The van der Waals surface area contributed by atoms with Crippen LogP contribution in [0.4, 0.5) is 0 Å². The summed E-state index contributed by atoms with van der Waals surface area (Å²) in [5.41, 5.74) is 2.57. The van der Waals surface area contributed by atoms with Crippen molar-refractivity contribution in [2.24, 2.45) is 0 Å². The zero-order valence-electron chi connectivity index (χ0n) is 22.0. The number of rotatable bonds is 9. The number of hydrogen-bond acceptors (Lipinski definition) is 6. The van der Waals surface area contributed by atoms with E-state index in [1.54, 1.807) is 48.7 Å². The molecule has 0 aliphatic carbocycles. The van der Waals surface area contributed by atoms with Crippen molar-refractivity contribution < 1.29 is 23.8 Å². The molecule has 2 amide bonds. The molecular weight excluding hydrogens is 488 g/mol. The van der Waals surface area contributed by atoms with Crippen molar-refractivity contribution >= 4 is 23.2 Å². The van der Waals surface area contributed by atoms with Crippen molar-refractivity contribution in [3.05, 3.63) is 75.5 Å². The van der Waals surface area contributed by atoms with E-state index in [1.165, 1.54) is 12.0 Å². The fraction of sp³-hybridized carbons (Fsp3) is 0.379. The summed E-state index contributed by atoms with van der Waals surface area (Å²) in [6.07, 6.45) is 1.52. The molecule has 0 spiro atoms. The number of ether oxygens (including phenoxy) is 3. The standard InChI is InChI=1S/C29H34N2O5S/c1-6-19(2)31(29(33)23-12-11-22(35-4)17-25(23)36-5)18-27(32)30-15-13-26-24(14-16-37-26)28(30)20-7-9-21(34-3)10-8-20/h7-12,14,16-17,19,28H,6,13,15,18H2,1-5H3/t19-,28+/m1/s1. The lowest BCUT2D eigenvalue weighted by molar-refractivity contribution is -0.134. The number of methoxy groups -OCH3 is 3. The summed E-state index contributed by atoms with van der Waals surface area (Å²) in [4.78, 5) is 32.5. The highest BCUT2D eigenvalue weighted by Crippen LogP contribution is 2.38. The average molecular weight is 523 g/mol. The Hall–Kier alpha value is -3.52. The fourth-order valence-corrected chi connectivity index (χ4v) is 5.65. The fourth-order valence-electron chi connectivity index (χ4n) is 4.75. The molecule has 0 bridgehead atoms. The zero-order valence-corrected chi connectivity index (χ0v) is 22.8. The van der Waals surface area contributed by atoms with Crippen LogP contribution in [0.1, 0.15) is 52.7 Å². The van der Waals surface area contributed by atoms with E-state index in [2.05, 4.69) is 11.4 Å². The van der Waals surface area contributed by atoms with Crippen LogP contribution in [0.3, 0.4) is 0 Å². The Bertz CT molecular complexity index is 1240. The predicted octanol–water partition coefficient (Wildman–Crippen LogP) is 5.19. The van der Waals surface area contributed by atoms with Crippen LogP contribution in [0.25, 0.3) is 0 Å². The number of carbonyl (C=O) groups is 2. The molecule has 0 radical (unpaired) electrons. The van der Waals surface area contributed by atoms with Crippen LogP contribution in [0.2, 0.25) is 0 Å². The minimum atomic E-state index is -0.239. The summed E-state index contributed by atoms with van der Waals surface area (Å²) < 4.78 is 16.1. The highest BCUT2D eigenvalue weighted by Gasteiger charge is 2.35. The molecule has 0 saturated carbocycles. The number of carbonyl (C=O) groups excluding carboxylic acids is 2. The van der Waals surface area contributed by atoms with Crippen molar-refractivity contribution in [3.63, 3.8) is 0 Å². The molecule has 7 nitrogen and oxygen atoms in total. The van der Waals surface area contributed by atoms with Gasteiger partial charge >= 0.3 is 0 Å². The van der Waals surface area contributed by atoms with Crippen LogP contribution in [-0.4, -0.2) is 62.1 Å². The number of amides is 2. The van der Waals surface area contributed by atoms with Gasteiger partial charge in [-0.25, -0.2) is 0 Å². The molecule has 37 heavy (non-hydrogen) atoms. The van der Waals surface area contributed by atoms with Gasteiger partial charge in [0.1, 0.15) is 23.8 Å². The van der Waals surface area contributed by atoms with Gasteiger partial charge < -0.3 is 24.0 Å². The van der Waals surface area contributed by atoms with Crippen molar-refractivity contribution in [2.45, 2.75) is 38.8 Å². The molecule has 0 unspecified atom stereocenters. The quantitative estimate of drug-likeness (QED) is 0.387. The smallest absolute Gasteiger partial charge is 0.258 e. The number of thiophene rings is 1. The molecule has 4 rings (SSSR count). The van der Waals surface area contributed by atoms with E-state index in [0.717, 1.165) is 23.3 Å². The third-order valence-corrected chi connectivity index (χ3v) is 8.04. The molecule has 2 heterocycles. The van der Waals surface area contributed by atoms with E-state index in [-0.39, 0.29) is 30.4 Å². The minimum Gasteiger partial charge on any atom is -0.497 e. The van der Waals surface area contributed by atoms with E-state index in [4.69, 9.17) is 14.2 Å². The van der Waals surface area contributed by atoms with E-state index < -0.39 is 0 Å². The molecule has 1 aromatic heterocycles. The number of fused-ring (bicyclic) bond motifs is 1. The maximum atomic E-state index is 13.9. The topological polar surface area (TPSA) is 68.3 Å². The summed E-state index contributed by atoms with van der Waals surface area (Å²) in [5, 5.41) is 2.08. The van der Waals surface area contributed by atoms with Gasteiger partial charge in [-0.3, -0.25) is 9.59 Å². The Kier molecular flexibility index (Phi) is 8.38. The van der Waals surface area contributed by atoms with Crippen LogP contribution in [0.15, 0.2) is 53.9 Å². The Labute approximate surface area is 222 Å². The second-order valence-corrected chi connectivity index (χ2v) is 10.1. The van der Waals surface area contributed by atoms with Gasteiger partial charge in [-0.1, -0.05) is 19.1 Å². The van der Waals surface area contributed by atoms with E-state index >= 15 is 0 Å². The van der Waals surface area contributed by atoms with Gasteiger partial charge in [0.15, 0.2) is 0 Å². The highest BCUT2D eigenvalue weighted by atomic mass is 32.1. The first-order valence-corrected chi connectivity index (χ1v) is 13.3. The van der Waals surface area contributed by atoms with Gasteiger partial charge in [-0.05, 0) is 66.6 Å². The summed E-state index contributed by atoms with van der Waals surface area (Å²) in [5.74, 6) is 1.46. The molecule has 1 aliphatic heterocycles. The van der Waals surface area contributed by atoms with E-state index in [1.807, 2.05) is 43.0 Å². The van der Waals surface area contributed by atoms with Gasteiger partial charge in [-0.15, -0.1) is 11.3 Å². The Morgan fingerprint density at radius 1 is 1.03 bits per heavy atom. The van der Waals surface area contributed by atoms with Crippen molar-refractivity contribution in [1.82, 2.24) is 9.80 Å². The SMILES string of the molecule is CC[C@@H](C)N(CC(=O)N1CCc2sccc2[C@@H]1c1ccc(OC)cc1)C(=O)c1ccc(OC)cc1OC. The van der Waals surface area contributed by atoms with Crippen LogP contribution in [-0.2, 0) is 11.2 Å². The lowest BCUT2D eigenvalue weighted by atomic mass is 9.93. The van der Waals surface area contributed by atoms with Crippen LogP contribution >= 0.6 is 11.3 Å². The Balaban J connectivity index is 1.65. The van der Waals surface area contributed by atoms with E-state index in [0.29, 0.717) is 30.0 Å². The Morgan fingerprint density at radius 2 is 1.73 bits per heavy atom. The molecule has 0 saturated heterocycles. The maximum absolute atomic E-state index is 13.9. The number of benzene rings is 2. The predicted molar refractivity (Wildman–Crippen MR) is 145 cm³/mol. The average Bonchev–Trinajstić information content (AvgIpc) is 3.43. The summed E-state index contributed by atoms with van der Waals surface area (Å²) in [7, 11) is 4.73. The molecule has 3 aromatic rings. The number of hydrogen-bond donors (Lipinski definition) is 0. The largest absolute Gasteiger partial charge is 0.497 e. The first kappa shape index (κ1) is 26.5. The molecule has 0 fully saturated rings. The normalized spacial score (nSPS) is 15.5. The lowest BCUT2D eigenvalue weighted by Crippen LogP contribution is -2.49. The first-order chi connectivity index (χ1) is 17.9. The van der Waals surface area contributed by atoms with Gasteiger partial charge in [-0.2, -0.15) is 0 Å². The highest BCUT2D eigenvalue weighted by molar-refractivity contribution is 7.10. The van der Waals surface area contributed by atoms with Crippen molar-refractivity contribution in [3.8, 4) is 17.2 Å². The molecular formula is C29H34N2O5S. The van der Waals surface area contributed by atoms with Crippen molar-refractivity contribution in [1.29, 1.82) is 0 Å². The molecule has 2 aromatic carbocycles. The van der Waals surface area contributed by atoms with Gasteiger partial charge in [0, 0.05) is 23.5 Å². The Morgan fingerprint density at radius 3 is 2.38 bits per heavy atom. The minimum absolute atomic E-state index is 0.0187. The summed E-state index contributed by atoms with van der Waals surface area (Å²) >= 11 is 1.73. The third kappa shape index (κ3) is 5.44. The van der Waals surface area contributed by atoms with Gasteiger partial charge in [0.2, 0.25) is 5.91 Å². The molecule has 1 aliphatic rings.